The van der Waals surface area contributed by atoms with Gasteiger partial charge in [0.2, 0.25) is 0 Å². The number of hydrogen-bond acceptors (Lipinski definition) is 3. The Bertz CT molecular complexity index is 350. The smallest absolute Gasteiger partial charge is 0.317 e. The van der Waals surface area contributed by atoms with Crippen molar-refractivity contribution in [3.05, 3.63) is 0 Å². The van der Waals surface area contributed by atoms with Gasteiger partial charge in [-0.2, -0.15) is 5.26 Å². The van der Waals surface area contributed by atoms with Crippen molar-refractivity contribution in [1.82, 2.24) is 10.2 Å². The number of carbonyl (C=O) groups is 2. The SMILES string of the molecule is CC(CCNC(=O)N(CCC#N)C(C)C)CCC(=O)O. The fraction of sp³-hybridized carbons (Fsp3) is 0.786. The number of urea groups is 1. The normalized spacial score (nSPS) is 11.8. The van der Waals surface area contributed by atoms with Crippen molar-refractivity contribution in [1.29, 1.82) is 5.26 Å². The van der Waals surface area contributed by atoms with Crippen molar-refractivity contribution in [2.45, 2.75) is 52.5 Å². The maximum Gasteiger partial charge on any atom is 0.317 e. The van der Waals surface area contributed by atoms with Crippen LogP contribution in [0.2, 0.25) is 0 Å². The first-order chi connectivity index (χ1) is 9.38. The van der Waals surface area contributed by atoms with Gasteiger partial charge in [0.05, 0.1) is 12.5 Å². The molecule has 6 nitrogen and oxygen atoms in total. The highest BCUT2D eigenvalue weighted by Gasteiger charge is 2.16. The van der Waals surface area contributed by atoms with Gasteiger partial charge in [-0.1, -0.05) is 6.92 Å². The lowest BCUT2D eigenvalue weighted by Gasteiger charge is -2.26. The molecule has 0 saturated carbocycles. The fourth-order valence-electron chi connectivity index (χ4n) is 1.81. The van der Waals surface area contributed by atoms with E-state index in [1.165, 1.54) is 0 Å². The number of rotatable bonds is 9. The Balaban J connectivity index is 4.00. The molecule has 1 atom stereocenters. The molecule has 0 aliphatic heterocycles. The van der Waals surface area contributed by atoms with Crippen molar-refractivity contribution in [2.75, 3.05) is 13.1 Å². The van der Waals surface area contributed by atoms with Gasteiger partial charge < -0.3 is 15.3 Å². The standard InChI is InChI=1S/C14H25N3O3/c1-11(2)17(10-4-8-15)14(20)16-9-7-12(3)5-6-13(18)19/h11-12H,4-7,9-10H2,1-3H3,(H,16,20)(H,18,19). The van der Waals surface area contributed by atoms with Gasteiger partial charge in [-0.15, -0.1) is 0 Å². The Kier molecular flexibility index (Phi) is 9.18. The van der Waals surface area contributed by atoms with E-state index in [2.05, 4.69) is 5.32 Å². The number of nitrogens with zero attached hydrogens (tertiary/aromatic N) is 2. The first-order valence-corrected chi connectivity index (χ1v) is 7.01. The molecule has 20 heavy (non-hydrogen) atoms. The molecule has 0 saturated heterocycles. The second kappa shape index (κ2) is 10.1. The number of hydrogen-bond donors (Lipinski definition) is 2. The number of amides is 2. The molecule has 0 heterocycles. The molecule has 0 rings (SSSR count). The summed E-state index contributed by atoms with van der Waals surface area (Å²) in [6.07, 6.45) is 1.85. The quantitative estimate of drug-likeness (QED) is 0.678. The first-order valence-electron chi connectivity index (χ1n) is 7.01. The van der Waals surface area contributed by atoms with Crippen LogP contribution in [0.3, 0.4) is 0 Å². The first kappa shape index (κ1) is 18.2. The summed E-state index contributed by atoms with van der Waals surface area (Å²) in [5.41, 5.74) is 0. The van der Waals surface area contributed by atoms with Crippen molar-refractivity contribution in [3.63, 3.8) is 0 Å². The highest BCUT2D eigenvalue weighted by molar-refractivity contribution is 5.74. The maximum atomic E-state index is 11.9. The zero-order chi connectivity index (χ0) is 15.5. The van der Waals surface area contributed by atoms with Gasteiger partial charge in [-0.05, 0) is 32.6 Å². The molecule has 2 N–H and O–H groups in total. The zero-order valence-electron chi connectivity index (χ0n) is 12.6. The van der Waals surface area contributed by atoms with Crippen LogP contribution in [0, 0.1) is 17.2 Å². The Morgan fingerprint density at radius 3 is 2.45 bits per heavy atom. The summed E-state index contributed by atoms with van der Waals surface area (Å²) in [5, 5.41) is 20.0. The number of nitriles is 1. The third kappa shape index (κ3) is 8.35. The van der Waals surface area contributed by atoms with Gasteiger partial charge in [0, 0.05) is 25.6 Å². The van der Waals surface area contributed by atoms with Crippen LogP contribution in [-0.4, -0.2) is 41.1 Å². The van der Waals surface area contributed by atoms with E-state index in [-0.39, 0.29) is 24.4 Å². The minimum absolute atomic E-state index is 0.0489. The third-order valence-corrected chi connectivity index (χ3v) is 3.11. The molecule has 0 bridgehead atoms. The Hall–Kier alpha value is -1.77. The molecule has 0 aliphatic rings. The molecule has 0 radical (unpaired) electrons. The second-order valence-electron chi connectivity index (χ2n) is 5.25. The number of aliphatic carboxylic acids is 1. The number of carboxylic acids is 1. The van der Waals surface area contributed by atoms with E-state index in [0.717, 1.165) is 6.42 Å². The number of carboxylic acid groups (broad SMARTS) is 1. The van der Waals surface area contributed by atoms with Crippen LogP contribution in [0.15, 0.2) is 0 Å². The highest BCUT2D eigenvalue weighted by Crippen LogP contribution is 2.09. The molecule has 0 aromatic rings. The van der Waals surface area contributed by atoms with E-state index in [4.69, 9.17) is 10.4 Å². The van der Waals surface area contributed by atoms with Gasteiger partial charge in [0.1, 0.15) is 0 Å². The van der Waals surface area contributed by atoms with Crippen molar-refractivity contribution >= 4 is 12.0 Å². The lowest BCUT2D eigenvalue weighted by molar-refractivity contribution is -0.137. The molecular formula is C14H25N3O3. The molecule has 2 amide bonds. The summed E-state index contributed by atoms with van der Waals surface area (Å²) in [7, 11) is 0. The molecule has 1 unspecified atom stereocenters. The minimum Gasteiger partial charge on any atom is -0.481 e. The summed E-state index contributed by atoms with van der Waals surface area (Å²) in [5.74, 6) is -0.526. The summed E-state index contributed by atoms with van der Waals surface area (Å²) in [6.45, 7) is 6.74. The van der Waals surface area contributed by atoms with Crippen LogP contribution < -0.4 is 5.32 Å². The predicted octanol–water partition coefficient (Wildman–Crippen LogP) is 2.21. The predicted molar refractivity (Wildman–Crippen MR) is 76.1 cm³/mol. The van der Waals surface area contributed by atoms with Crippen LogP contribution in [-0.2, 0) is 4.79 Å². The summed E-state index contributed by atoms with van der Waals surface area (Å²) < 4.78 is 0. The summed E-state index contributed by atoms with van der Waals surface area (Å²) in [4.78, 5) is 24.0. The van der Waals surface area contributed by atoms with Gasteiger partial charge in [-0.25, -0.2) is 4.79 Å². The molecule has 0 spiro atoms. The Morgan fingerprint density at radius 2 is 1.95 bits per heavy atom. The van der Waals surface area contributed by atoms with E-state index in [1.807, 2.05) is 26.8 Å². The lowest BCUT2D eigenvalue weighted by atomic mass is 10.0. The Labute approximate surface area is 120 Å². The van der Waals surface area contributed by atoms with Crippen LogP contribution in [0.25, 0.3) is 0 Å². The van der Waals surface area contributed by atoms with Crippen molar-refractivity contribution in [3.8, 4) is 6.07 Å². The van der Waals surface area contributed by atoms with E-state index < -0.39 is 5.97 Å². The third-order valence-electron chi connectivity index (χ3n) is 3.11. The van der Waals surface area contributed by atoms with E-state index >= 15 is 0 Å². The summed E-state index contributed by atoms with van der Waals surface area (Å²) in [6, 6.07) is 1.92. The van der Waals surface area contributed by atoms with E-state index in [1.54, 1.807) is 4.90 Å². The van der Waals surface area contributed by atoms with Crippen LogP contribution in [0.4, 0.5) is 4.79 Å². The van der Waals surface area contributed by atoms with Gasteiger partial charge in [0.25, 0.3) is 0 Å². The topological polar surface area (TPSA) is 93.4 Å². The van der Waals surface area contributed by atoms with Gasteiger partial charge in [0.15, 0.2) is 0 Å². The van der Waals surface area contributed by atoms with Gasteiger partial charge in [-0.3, -0.25) is 4.79 Å². The molecule has 114 valence electrons. The fourth-order valence-corrected chi connectivity index (χ4v) is 1.81. The van der Waals surface area contributed by atoms with E-state index in [9.17, 15) is 9.59 Å². The number of carbonyl (C=O) groups excluding carboxylic acids is 1. The average molecular weight is 283 g/mol. The van der Waals surface area contributed by atoms with Crippen LogP contribution in [0.5, 0.6) is 0 Å². The largest absolute Gasteiger partial charge is 0.481 e. The molecule has 0 aromatic carbocycles. The van der Waals surface area contributed by atoms with Gasteiger partial charge >= 0.3 is 12.0 Å². The number of nitrogens with one attached hydrogen (secondary N) is 1. The van der Waals surface area contributed by atoms with Crippen molar-refractivity contribution < 1.29 is 14.7 Å². The lowest BCUT2D eigenvalue weighted by Crippen LogP contribution is -2.44. The Morgan fingerprint density at radius 1 is 1.30 bits per heavy atom. The second-order valence-corrected chi connectivity index (χ2v) is 5.25. The molecule has 0 fully saturated rings. The molecular weight excluding hydrogens is 258 g/mol. The zero-order valence-corrected chi connectivity index (χ0v) is 12.6. The minimum atomic E-state index is -0.789. The van der Waals surface area contributed by atoms with E-state index in [0.29, 0.717) is 25.9 Å². The average Bonchev–Trinajstić information content (AvgIpc) is 2.36. The maximum absolute atomic E-state index is 11.9. The van der Waals surface area contributed by atoms with Crippen molar-refractivity contribution in [2.24, 2.45) is 5.92 Å². The molecule has 6 heteroatoms. The molecule has 0 aromatic heterocycles. The van der Waals surface area contributed by atoms with Crippen LogP contribution in [0.1, 0.15) is 46.5 Å². The summed E-state index contributed by atoms with van der Waals surface area (Å²) >= 11 is 0. The molecule has 0 aliphatic carbocycles. The van der Waals surface area contributed by atoms with Crippen LogP contribution >= 0.6 is 0 Å². The monoisotopic (exact) mass is 283 g/mol. The highest BCUT2D eigenvalue weighted by atomic mass is 16.4.